The van der Waals surface area contributed by atoms with Crippen molar-refractivity contribution in [3.8, 4) is 11.5 Å². The van der Waals surface area contributed by atoms with Gasteiger partial charge in [-0.05, 0) is 18.2 Å². The van der Waals surface area contributed by atoms with Crippen LogP contribution in [-0.4, -0.2) is 41.9 Å². The zero-order valence-electron chi connectivity index (χ0n) is 10.7. The van der Waals surface area contributed by atoms with Crippen LogP contribution in [0, 0.1) is 0 Å². The van der Waals surface area contributed by atoms with E-state index in [0.717, 1.165) is 12.1 Å². The number of nitrogens with zero attached hydrogens (tertiary/aromatic N) is 2. The van der Waals surface area contributed by atoms with Gasteiger partial charge in [-0.2, -0.15) is 0 Å². The van der Waals surface area contributed by atoms with Gasteiger partial charge in [-0.3, -0.25) is 4.79 Å². The highest BCUT2D eigenvalue weighted by Crippen LogP contribution is 2.20. The van der Waals surface area contributed by atoms with Crippen molar-refractivity contribution < 1.29 is 13.9 Å². The number of carbonyl (C=O) groups is 1. The predicted octanol–water partition coefficient (Wildman–Crippen LogP) is 0.663. The topological polar surface area (TPSA) is 89.3 Å². The maximum Gasteiger partial charge on any atom is 0.254 e. The summed E-state index contributed by atoms with van der Waals surface area (Å²) >= 11 is 0. The second-order valence-electron chi connectivity index (χ2n) is 4.38. The maximum absolute atomic E-state index is 12.0. The van der Waals surface area contributed by atoms with Crippen LogP contribution in [0.3, 0.4) is 0 Å². The van der Waals surface area contributed by atoms with Crippen LogP contribution in [0.25, 0.3) is 11.5 Å². The average Bonchev–Trinajstić information content (AvgIpc) is 3.03. The Morgan fingerprint density at radius 3 is 3.15 bits per heavy atom. The van der Waals surface area contributed by atoms with Crippen LogP contribution in [0.15, 0.2) is 35.1 Å². The minimum Gasteiger partial charge on any atom is -0.423 e. The van der Waals surface area contributed by atoms with Gasteiger partial charge < -0.3 is 19.8 Å². The van der Waals surface area contributed by atoms with Gasteiger partial charge in [0.05, 0.1) is 6.61 Å². The highest BCUT2D eigenvalue weighted by Gasteiger charge is 2.21. The van der Waals surface area contributed by atoms with E-state index < -0.39 is 6.10 Å². The normalized spacial score (nSPS) is 18.7. The van der Waals surface area contributed by atoms with E-state index in [1.807, 2.05) is 12.1 Å². The molecule has 0 spiro atoms. The molecule has 2 N–H and O–H groups in total. The van der Waals surface area contributed by atoms with Gasteiger partial charge in [0.2, 0.25) is 12.3 Å². The summed E-state index contributed by atoms with van der Waals surface area (Å²) in [4.78, 5) is 12.0. The Morgan fingerprint density at radius 1 is 1.45 bits per heavy atom. The van der Waals surface area contributed by atoms with Crippen molar-refractivity contribution in [2.75, 3.05) is 25.0 Å². The van der Waals surface area contributed by atoms with Gasteiger partial charge in [-0.25, -0.2) is 0 Å². The van der Waals surface area contributed by atoms with Gasteiger partial charge in [0.1, 0.15) is 6.10 Å². The summed E-state index contributed by atoms with van der Waals surface area (Å²) in [5.74, 6) is 0.247. The Kier molecular flexibility index (Phi) is 3.71. The second-order valence-corrected chi connectivity index (χ2v) is 4.38. The molecule has 7 nitrogen and oxygen atoms in total. The van der Waals surface area contributed by atoms with Crippen LogP contribution in [0.2, 0.25) is 0 Å². The smallest absolute Gasteiger partial charge is 0.254 e. The van der Waals surface area contributed by atoms with Crippen LogP contribution < -0.4 is 10.6 Å². The standard InChI is InChI=1S/C13H14N4O3/c18-12(11-7-14-4-5-19-11)16-10-3-1-2-9(6-10)13-17-15-8-20-13/h1-3,6,8,11,14H,4-5,7H2,(H,16,18). The first kappa shape index (κ1) is 12.8. The number of benzene rings is 1. The molecule has 2 heterocycles. The lowest BCUT2D eigenvalue weighted by molar-refractivity contribution is -0.128. The molecule has 0 bridgehead atoms. The molecule has 1 amide bonds. The molecule has 1 aliphatic rings. The fourth-order valence-electron chi connectivity index (χ4n) is 1.99. The molecule has 104 valence electrons. The van der Waals surface area contributed by atoms with Gasteiger partial charge in [0.25, 0.3) is 5.91 Å². The first-order valence-corrected chi connectivity index (χ1v) is 6.33. The first-order valence-electron chi connectivity index (χ1n) is 6.33. The summed E-state index contributed by atoms with van der Waals surface area (Å²) in [6, 6.07) is 7.23. The number of anilines is 1. The minimum absolute atomic E-state index is 0.167. The Hall–Kier alpha value is -2.25. The molecular weight excluding hydrogens is 260 g/mol. The number of hydrogen-bond acceptors (Lipinski definition) is 6. The first-order chi connectivity index (χ1) is 9.83. The van der Waals surface area contributed by atoms with Crippen molar-refractivity contribution in [3.63, 3.8) is 0 Å². The van der Waals surface area contributed by atoms with Gasteiger partial charge in [-0.15, -0.1) is 10.2 Å². The molecule has 1 aromatic carbocycles. The van der Waals surface area contributed by atoms with Crippen molar-refractivity contribution >= 4 is 11.6 Å². The zero-order chi connectivity index (χ0) is 13.8. The molecule has 1 saturated heterocycles. The molecule has 0 saturated carbocycles. The summed E-state index contributed by atoms with van der Waals surface area (Å²) in [5.41, 5.74) is 1.42. The fourth-order valence-corrected chi connectivity index (χ4v) is 1.99. The molecule has 20 heavy (non-hydrogen) atoms. The molecule has 0 aliphatic carbocycles. The van der Waals surface area contributed by atoms with Crippen LogP contribution in [0.1, 0.15) is 0 Å². The van der Waals surface area contributed by atoms with Crippen molar-refractivity contribution in [1.82, 2.24) is 15.5 Å². The van der Waals surface area contributed by atoms with E-state index in [-0.39, 0.29) is 5.91 Å². The summed E-state index contributed by atoms with van der Waals surface area (Å²) in [7, 11) is 0. The van der Waals surface area contributed by atoms with E-state index in [0.29, 0.717) is 24.7 Å². The summed E-state index contributed by atoms with van der Waals surface area (Å²) in [5, 5.41) is 13.4. The van der Waals surface area contributed by atoms with Gasteiger partial charge in [0, 0.05) is 24.3 Å². The molecule has 7 heteroatoms. The number of carbonyl (C=O) groups excluding carboxylic acids is 1. The third kappa shape index (κ3) is 2.84. The lowest BCUT2D eigenvalue weighted by atomic mass is 10.2. The lowest BCUT2D eigenvalue weighted by Crippen LogP contribution is -2.45. The number of nitrogens with one attached hydrogen (secondary N) is 2. The molecule has 0 radical (unpaired) electrons. The molecular formula is C13H14N4O3. The van der Waals surface area contributed by atoms with E-state index in [1.165, 1.54) is 6.39 Å². The average molecular weight is 274 g/mol. The molecule has 1 aromatic heterocycles. The van der Waals surface area contributed by atoms with E-state index in [4.69, 9.17) is 9.15 Å². The van der Waals surface area contributed by atoms with Crippen LogP contribution in [0.5, 0.6) is 0 Å². The van der Waals surface area contributed by atoms with Crippen LogP contribution >= 0.6 is 0 Å². The lowest BCUT2D eigenvalue weighted by Gasteiger charge is -2.22. The Bertz CT molecular complexity index is 579. The van der Waals surface area contributed by atoms with Crippen molar-refractivity contribution in [2.24, 2.45) is 0 Å². The number of aromatic nitrogens is 2. The summed E-state index contributed by atoms with van der Waals surface area (Å²) in [6.07, 6.45) is 0.804. The van der Waals surface area contributed by atoms with Gasteiger partial charge in [-0.1, -0.05) is 6.07 Å². The maximum atomic E-state index is 12.0. The summed E-state index contributed by atoms with van der Waals surface area (Å²) < 4.78 is 10.5. The zero-order valence-corrected chi connectivity index (χ0v) is 10.7. The van der Waals surface area contributed by atoms with Crippen molar-refractivity contribution in [2.45, 2.75) is 6.10 Å². The molecule has 1 fully saturated rings. The number of ether oxygens (including phenoxy) is 1. The molecule has 1 unspecified atom stereocenters. The van der Waals surface area contributed by atoms with Crippen molar-refractivity contribution in [1.29, 1.82) is 0 Å². The largest absolute Gasteiger partial charge is 0.423 e. The fraction of sp³-hybridized carbons (Fsp3) is 0.308. The number of amides is 1. The third-order valence-electron chi connectivity index (χ3n) is 2.96. The third-order valence-corrected chi connectivity index (χ3v) is 2.96. The predicted molar refractivity (Wildman–Crippen MR) is 71.0 cm³/mol. The highest BCUT2D eigenvalue weighted by molar-refractivity contribution is 5.94. The van der Waals surface area contributed by atoms with Gasteiger partial charge in [0.15, 0.2) is 0 Å². The quantitative estimate of drug-likeness (QED) is 0.854. The molecule has 2 aromatic rings. The monoisotopic (exact) mass is 274 g/mol. The van der Waals surface area contributed by atoms with E-state index in [1.54, 1.807) is 12.1 Å². The number of hydrogen-bond donors (Lipinski definition) is 2. The highest BCUT2D eigenvalue weighted by atomic mass is 16.5. The van der Waals surface area contributed by atoms with E-state index >= 15 is 0 Å². The Morgan fingerprint density at radius 2 is 2.40 bits per heavy atom. The molecule has 3 rings (SSSR count). The number of rotatable bonds is 3. The van der Waals surface area contributed by atoms with Crippen LogP contribution in [-0.2, 0) is 9.53 Å². The Balaban J connectivity index is 1.71. The van der Waals surface area contributed by atoms with E-state index in [9.17, 15) is 4.79 Å². The SMILES string of the molecule is O=C(Nc1cccc(-c2nnco2)c1)C1CNCCO1. The number of morpholine rings is 1. The van der Waals surface area contributed by atoms with Crippen LogP contribution in [0.4, 0.5) is 5.69 Å². The van der Waals surface area contributed by atoms with E-state index in [2.05, 4.69) is 20.8 Å². The Labute approximate surface area is 115 Å². The van der Waals surface area contributed by atoms with Gasteiger partial charge >= 0.3 is 0 Å². The van der Waals surface area contributed by atoms with Crippen molar-refractivity contribution in [3.05, 3.63) is 30.7 Å². The molecule has 1 atom stereocenters. The summed E-state index contributed by atoms with van der Waals surface area (Å²) in [6.45, 7) is 1.84. The second kappa shape index (κ2) is 5.81. The molecule has 1 aliphatic heterocycles. The minimum atomic E-state index is -0.462.